The zero-order chi connectivity index (χ0) is 11.8. The van der Waals surface area contributed by atoms with Gasteiger partial charge in [0.05, 0.1) is 5.02 Å². The van der Waals surface area contributed by atoms with Gasteiger partial charge in [0, 0.05) is 0 Å². The number of sulfonamides is 1. The number of primary sulfonamides is 1. The highest BCUT2D eigenvalue weighted by Crippen LogP contribution is 2.30. The van der Waals surface area contributed by atoms with Crippen LogP contribution < -0.4 is 5.14 Å². The summed E-state index contributed by atoms with van der Waals surface area (Å²) in [4.78, 5) is 2.54. The molecule has 1 aromatic heterocycles. The third-order valence-electron chi connectivity index (χ3n) is 1.43. The first-order valence-electron chi connectivity index (χ1n) is 3.40. The number of pyridine rings is 1. The van der Waals surface area contributed by atoms with Crippen molar-refractivity contribution in [2.45, 2.75) is 11.3 Å². The lowest BCUT2D eigenvalue weighted by atomic mass is 10.3. The summed E-state index contributed by atoms with van der Waals surface area (Å²) in [5, 5.41) is 3.75. The van der Waals surface area contributed by atoms with Crippen molar-refractivity contribution in [3.8, 4) is 0 Å². The average molecular weight is 277 g/mol. The van der Waals surface area contributed by atoms with Crippen LogP contribution in [-0.2, 0) is 10.0 Å². The minimum absolute atomic E-state index is 0.469. The van der Waals surface area contributed by atoms with Gasteiger partial charge in [0.15, 0.2) is 0 Å². The monoisotopic (exact) mass is 276 g/mol. The van der Waals surface area contributed by atoms with Gasteiger partial charge in [0.1, 0.15) is 15.7 Å². The zero-order valence-corrected chi connectivity index (χ0v) is 9.24. The second-order valence-corrected chi connectivity index (χ2v) is 4.76. The molecular formula is C6H4Cl2F2N2O2S. The summed E-state index contributed by atoms with van der Waals surface area (Å²) in [6.45, 7) is 0. The maximum Gasteiger partial charge on any atom is 0.280 e. The van der Waals surface area contributed by atoms with Crippen LogP contribution in [0.1, 0.15) is 12.1 Å². The molecule has 0 atom stereocenters. The van der Waals surface area contributed by atoms with Crippen LogP contribution in [0, 0.1) is 0 Å². The summed E-state index contributed by atoms with van der Waals surface area (Å²) >= 11 is 10.8. The van der Waals surface area contributed by atoms with Gasteiger partial charge in [-0.2, -0.15) is 0 Å². The summed E-state index contributed by atoms with van der Waals surface area (Å²) in [7, 11) is -4.20. The van der Waals surface area contributed by atoms with Gasteiger partial charge in [0.25, 0.3) is 6.43 Å². The fraction of sp³-hybridized carbons (Fsp3) is 0.167. The van der Waals surface area contributed by atoms with E-state index in [-0.39, 0.29) is 0 Å². The standard InChI is InChI=1S/C6H4Cl2F2N2O2S/c7-4-3(15(11,13)14)1-2(6(9)10)12-5(4)8/h1,6H,(H2,11,13,14). The predicted molar refractivity (Wildman–Crippen MR) is 50.6 cm³/mol. The predicted octanol–water partition coefficient (Wildman–Crippen LogP) is 1.97. The van der Waals surface area contributed by atoms with Gasteiger partial charge in [-0.1, -0.05) is 23.2 Å². The van der Waals surface area contributed by atoms with Gasteiger partial charge in [-0.3, -0.25) is 0 Å². The Kier molecular flexibility index (Phi) is 3.49. The van der Waals surface area contributed by atoms with Crippen molar-refractivity contribution >= 4 is 33.2 Å². The van der Waals surface area contributed by atoms with Crippen molar-refractivity contribution in [3.05, 3.63) is 21.9 Å². The van der Waals surface area contributed by atoms with E-state index in [2.05, 4.69) is 4.98 Å². The number of nitrogens with zero attached hydrogens (tertiary/aromatic N) is 1. The summed E-state index contributed by atoms with van der Waals surface area (Å²) in [5.74, 6) is 0. The third-order valence-corrected chi connectivity index (χ3v) is 3.23. The second kappa shape index (κ2) is 4.17. The largest absolute Gasteiger partial charge is 0.280 e. The van der Waals surface area contributed by atoms with E-state index < -0.39 is 37.2 Å². The van der Waals surface area contributed by atoms with E-state index in [1.807, 2.05) is 0 Å². The topological polar surface area (TPSA) is 73.1 Å². The number of halogens is 4. The van der Waals surface area contributed by atoms with E-state index in [0.29, 0.717) is 6.07 Å². The molecule has 0 radical (unpaired) electrons. The normalized spacial score (nSPS) is 12.1. The summed E-state index contributed by atoms with van der Waals surface area (Å²) < 4.78 is 46.4. The van der Waals surface area contributed by atoms with Crippen molar-refractivity contribution in [3.63, 3.8) is 0 Å². The first-order valence-corrected chi connectivity index (χ1v) is 5.70. The quantitative estimate of drug-likeness (QED) is 0.840. The molecule has 0 saturated carbocycles. The van der Waals surface area contributed by atoms with Crippen molar-refractivity contribution in [1.29, 1.82) is 0 Å². The molecule has 4 nitrogen and oxygen atoms in total. The lowest BCUT2D eigenvalue weighted by Crippen LogP contribution is -2.14. The SMILES string of the molecule is NS(=O)(=O)c1cc(C(F)F)nc(Cl)c1Cl. The van der Waals surface area contributed by atoms with Gasteiger partial charge in [0.2, 0.25) is 10.0 Å². The van der Waals surface area contributed by atoms with Crippen LogP contribution in [0.5, 0.6) is 0 Å². The Labute approximate surface area is 94.1 Å². The molecule has 1 heterocycles. The van der Waals surface area contributed by atoms with Gasteiger partial charge in [-0.05, 0) is 6.07 Å². The zero-order valence-electron chi connectivity index (χ0n) is 6.92. The molecule has 0 aliphatic carbocycles. The second-order valence-electron chi connectivity index (χ2n) is 2.50. The van der Waals surface area contributed by atoms with E-state index in [0.717, 1.165) is 0 Å². The Balaban J connectivity index is 3.52. The van der Waals surface area contributed by atoms with Gasteiger partial charge >= 0.3 is 0 Å². The molecule has 0 spiro atoms. The number of alkyl halides is 2. The fourth-order valence-corrected chi connectivity index (χ4v) is 2.12. The Morgan fingerprint density at radius 3 is 2.33 bits per heavy atom. The molecule has 15 heavy (non-hydrogen) atoms. The van der Waals surface area contributed by atoms with Gasteiger partial charge in [-0.15, -0.1) is 0 Å². The molecule has 0 unspecified atom stereocenters. The molecule has 0 saturated heterocycles. The molecule has 0 aliphatic rings. The molecule has 0 fully saturated rings. The van der Waals surface area contributed by atoms with Gasteiger partial charge < -0.3 is 0 Å². The lowest BCUT2D eigenvalue weighted by Gasteiger charge is -2.06. The molecule has 0 aliphatic heterocycles. The first kappa shape index (κ1) is 12.6. The number of hydrogen-bond donors (Lipinski definition) is 1. The molecule has 2 N–H and O–H groups in total. The summed E-state index contributed by atoms with van der Waals surface area (Å²) in [6, 6.07) is 0.591. The van der Waals surface area contributed by atoms with E-state index in [9.17, 15) is 17.2 Å². The Morgan fingerprint density at radius 1 is 1.40 bits per heavy atom. The fourth-order valence-electron chi connectivity index (χ4n) is 0.813. The number of aromatic nitrogens is 1. The third kappa shape index (κ3) is 2.75. The molecule has 0 aromatic carbocycles. The molecule has 0 amide bonds. The minimum Gasteiger partial charge on any atom is -0.233 e. The smallest absolute Gasteiger partial charge is 0.233 e. The van der Waals surface area contributed by atoms with Crippen molar-refractivity contribution in [1.82, 2.24) is 4.98 Å². The molecule has 84 valence electrons. The van der Waals surface area contributed by atoms with Crippen LogP contribution in [0.2, 0.25) is 10.2 Å². The Morgan fingerprint density at radius 2 is 1.93 bits per heavy atom. The summed E-state index contributed by atoms with van der Waals surface area (Å²) in [6.07, 6.45) is -2.96. The van der Waals surface area contributed by atoms with Crippen molar-refractivity contribution < 1.29 is 17.2 Å². The van der Waals surface area contributed by atoms with Crippen LogP contribution in [0.3, 0.4) is 0 Å². The van der Waals surface area contributed by atoms with E-state index in [1.165, 1.54) is 0 Å². The molecule has 1 rings (SSSR count). The molecule has 0 bridgehead atoms. The van der Waals surface area contributed by atoms with Gasteiger partial charge in [-0.25, -0.2) is 27.3 Å². The number of hydrogen-bond acceptors (Lipinski definition) is 3. The lowest BCUT2D eigenvalue weighted by molar-refractivity contribution is 0.146. The maximum absolute atomic E-state index is 12.2. The van der Waals surface area contributed by atoms with Crippen LogP contribution in [0.15, 0.2) is 11.0 Å². The van der Waals surface area contributed by atoms with E-state index >= 15 is 0 Å². The highest BCUT2D eigenvalue weighted by atomic mass is 35.5. The Bertz CT molecular complexity index is 492. The molecular weight excluding hydrogens is 273 g/mol. The number of nitrogens with two attached hydrogens (primary N) is 1. The van der Waals surface area contributed by atoms with Crippen molar-refractivity contribution in [2.24, 2.45) is 5.14 Å². The highest BCUT2D eigenvalue weighted by molar-refractivity contribution is 7.89. The minimum atomic E-state index is -4.20. The Hall–Kier alpha value is -0.500. The molecule has 9 heteroatoms. The number of rotatable bonds is 2. The van der Waals surface area contributed by atoms with Crippen LogP contribution in [-0.4, -0.2) is 13.4 Å². The average Bonchev–Trinajstić information content (AvgIpc) is 2.06. The summed E-state index contributed by atoms with van der Waals surface area (Å²) in [5.41, 5.74) is -0.798. The van der Waals surface area contributed by atoms with Crippen LogP contribution in [0.25, 0.3) is 0 Å². The van der Waals surface area contributed by atoms with E-state index in [4.69, 9.17) is 28.3 Å². The molecule has 1 aromatic rings. The van der Waals surface area contributed by atoms with Crippen LogP contribution in [0.4, 0.5) is 8.78 Å². The maximum atomic E-state index is 12.2. The van der Waals surface area contributed by atoms with Crippen LogP contribution >= 0.6 is 23.2 Å². The highest BCUT2D eigenvalue weighted by Gasteiger charge is 2.21. The van der Waals surface area contributed by atoms with E-state index in [1.54, 1.807) is 0 Å². The first-order chi connectivity index (χ1) is 6.73. The van der Waals surface area contributed by atoms with Crippen molar-refractivity contribution in [2.75, 3.05) is 0 Å².